The number of aryl methyl sites for hydroxylation is 2. The number of hydrogen-bond donors (Lipinski definition) is 1. The zero-order chi connectivity index (χ0) is 22.1. The van der Waals surface area contributed by atoms with Crippen LogP contribution in [0.25, 0.3) is 0 Å². The van der Waals surface area contributed by atoms with Crippen molar-refractivity contribution in [3.63, 3.8) is 0 Å². The van der Waals surface area contributed by atoms with E-state index in [9.17, 15) is 5.11 Å². The molecule has 3 heterocycles. The monoisotopic (exact) mass is 446 g/mol. The number of hydrogen-bond acceptors (Lipinski definition) is 6. The van der Waals surface area contributed by atoms with Gasteiger partial charge in [0.1, 0.15) is 18.1 Å². The first kappa shape index (κ1) is 20.6. The molecule has 2 aromatic heterocycles. The van der Waals surface area contributed by atoms with E-state index in [2.05, 4.69) is 57.1 Å². The van der Waals surface area contributed by atoms with Crippen molar-refractivity contribution >= 4 is 17.3 Å². The Morgan fingerprint density at radius 3 is 2.66 bits per heavy atom. The molecule has 5 rings (SSSR count). The van der Waals surface area contributed by atoms with Gasteiger partial charge in [0.15, 0.2) is 5.82 Å². The minimum absolute atomic E-state index is 0.299. The highest BCUT2D eigenvalue weighted by molar-refractivity contribution is 7.09. The van der Waals surface area contributed by atoms with Gasteiger partial charge in [-0.2, -0.15) is 0 Å². The fourth-order valence-electron chi connectivity index (χ4n) is 4.27. The molecule has 0 atom stereocenters. The number of aromatic nitrogens is 3. The number of anilines is 1. The van der Waals surface area contributed by atoms with Crippen LogP contribution in [0.4, 0.5) is 5.95 Å². The summed E-state index contributed by atoms with van der Waals surface area (Å²) in [4.78, 5) is 3.48. The largest absolute Gasteiger partial charge is 0.508 e. The van der Waals surface area contributed by atoms with Gasteiger partial charge in [0.2, 0.25) is 5.95 Å². The first-order valence-corrected chi connectivity index (χ1v) is 11.6. The van der Waals surface area contributed by atoms with E-state index in [1.165, 1.54) is 21.6 Å². The highest BCUT2D eigenvalue weighted by Crippen LogP contribution is 2.28. The zero-order valence-corrected chi connectivity index (χ0v) is 19.1. The average molecular weight is 447 g/mol. The predicted molar refractivity (Wildman–Crippen MR) is 127 cm³/mol. The summed E-state index contributed by atoms with van der Waals surface area (Å²) in [7, 11) is 0. The van der Waals surface area contributed by atoms with E-state index in [-0.39, 0.29) is 0 Å². The summed E-state index contributed by atoms with van der Waals surface area (Å²) in [5.74, 6) is 2.78. The van der Waals surface area contributed by atoms with Crippen molar-refractivity contribution in [1.29, 1.82) is 0 Å². The van der Waals surface area contributed by atoms with Crippen molar-refractivity contribution in [3.8, 4) is 11.5 Å². The lowest BCUT2D eigenvalue weighted by atomic mass is 10.00. The van der Waals surface area contributed by atoms with Crippen molar-refractivity contribution < 1.29 is 9.84 Å². The van der Waals surface area contributed by atoms with Crippen LogP contribution in [0, 0.1) is 13.8 Å². The number of fused-ring (bicyclic) bond motifs is 1. The summed E-state index contributed by atoms with van der Waals surface area (Å²) >= 11 is 1.73. The Balaban J connectivity index is 1.43. The van der Waals surface area contributed by atoms with Crippen molar-refractivity contribution in [1.82, 2.24) is 14.8 Å². The molecule has 7 heteroatoms. The second-order valence-electron chi connectivity index (χ2n) is 8.32. The molecule has 0 unspecified atom stereocenters. The number of thiophene rings is 1. The third-order valence-electron chi connectivity index (χ3n) is 5.75. The lowest BCUT2D eigenvalue weighted by molar-refractivity contribution is 0.289. The summed E-state index contributed by atoms with van der Waals surface area (Å²) in [6.07, 6.45) is 0.913. The third kappa shape index (κ3) is 4.34. The molecule has 6 nitrogen and oxygen atoms in total. The quantitative estimate of drug-likeness (QED) is 0.459. The molecule has 2 aromatic carbocycles. The fraction of sp³-hybridized carbons (Fsp3) is 0.280. The summed E-state index contributed by atoms with van der Waals surface area (Å²) in [5.41, 5.74) is 4.77. The smallest absolute Gasteiger partial charge is 0.227 e. The Hall–Kier alpha value is -3.32. The van der Waals surface area contributed by atoms with Crippen LogP contribution >= 0.6 is 11.3 Å². The second-order valence-corrected chi connectivity index (χ2v) is 9.35. The molecule has 0 saturated carbocycles. The molecular formula is C25H26N4O2S. The van der Waals surface area contributed by atoms with Crippen LogP contribution in [-0.4, -0.2) is 26.4 Å². The third-order valence-corrected chi connectivity index (χ3v) is 6.61. The molecule has 32 heavy (non-hydrogen) atoms. The molecule has 0 bridgehead atoms. The predicted octanol–water partition coefficient (Wildman–Crippen LogP) is 4.85. The van der Waals surface area contributed by atoms with Gasteiger partial charge in [-0.1, -0.05) is 18.2 Å². The maximum absolute atomic E-state index is 9.93. The van der Waals surface area contributed by atoms with Crippen molar-refractivity contribution in [3.05, 3.63) is 86.9 Å². The minimum Gasteiger partial charge on any atom is -0.508 e. The lowest BCUT2D eigenvalue weighted by Crippen LogP contribution is -2.33. The van der Waals surface area contributed by atoms with Gasteiger partial charge in [-0.3, -0.25) is 4.57 Å². The van der Waals surface area contributed by atoms with Crippen LogP contribution in [0.5, 0.6) is 11.5 Å². The average Bonchev–Trinajstić information content (AvgIpc) is 3.41. The summed E-state index contributed by atoms with van der Waals surface area (Å²) in [5, 5.41) is 21.1. The number of nitrogens with zero attached hydrogens (tertiary/aromatic N) is 4. The van der Waals surface area contributed by atoms with E-state index in [1.54, 1.807) is 17.4 Å². The molecule has 164 valence electrons. The van der Waals surface area contributed by atoms with Crippen LogP contribution in [-0.2, 0) is 26.1 Å². The second kappa shape index (κ2) is 8.67. The number of ether oxygens (including phenoxy) is 1. The molecular weight excluding hydrogens is 420 g/mol. The summed E-state index contributed by atoms with van der Waals surface area (Å²) in [6, 6.07) is 16.0. The topological polar surface area (TPSA) is 63.4 Å². The van der Waals surface area contributed by atoms with E-state index >= 15 is 0 Å². The van der Waals surface area contributed by atoms with Crippen LogP contribution in [0.3, 0.4) is 0 Å². The fourth-order valence-corrected chi connectivity index (χ4v) is 4.96. The van der Waals surface area contributed by atoms with E-state index in [1.807, 2.05) is 24.3 Å². The maximum atomic E-state index is 9.93. The Bertz CT molecular complexity index is 1210. The number of aromatic hydroxyl groups is 1. The summed E-state index contributed by atoms with van der Waals surface area (Å²) < 4.78 is 8.27. The summed E-state index contributed by atoms with van der Waals surface area (Å²) in [6.45, 7) is 6.76. The Labute approximate surface area is 191 Å². The first-order chi connectivity index (χ1) is 15.5. The van der Waals surface area contributed by atoms with Crippen LogP contribution in [0.2, 0.25) is 0 Å². The van der Waals surface area contributed by atoms with Gasteiger partial charge in [0.25, 0.3) is 0 Å². The maximum Gasteiger partial charge on any atom is 0.227 e. The normalized spacial score (nSPS) is 13.2. The van der Waals surface area contributed by atoms with Gasteiger partial charge in [-0.15, -0.1) is 21.5 Å². The molecule has 0 saturated heterocycles. The first-order valence-electron chi connectivity index (χ1n) is 10.8. The van der Waals surface area contributed by atoms with Crippen LogP contribution in [0.15, 0.2) is 53.9 Å². The van der Waals surface area contributed by atoms with Crippen LogP contribution < -0.4 is 9.64 Å². The van der Waals surface area contributed by atoms with Gasteiger partial charge in [0, 0.05) is 18.0 Å². The molecule has 0 amide bonds. The standard InChI is InChI=1S/C25H26N4O2S/c1-17-10-18(2)12-22(11-17)31-16-24-26-27-25(29(24)15-23-4-3-9-32-23)28-8-7-19-5-6-21(30)13-20(19)14-28/h3-6,9-13,30H,7-8,14-16H2,1-2H3. The minimum atomic E-state index is 0.299. The van der Waals surface area contributed by atoms with E-state index in [0.717, 1.165) is 36.1 Å². The van der Waals surface area contributed by atoms with Crippen molar-refractivity contribution in [2.45, 2.75) is 40.0 Å². The molecule has 0 radical (unpaired) electrons. The number of rotatable bonds is 6. The number of benzene rings is 2. The molecule has 0 aliphatic carbocycles. The highest BCUT2D eigenvalue weighted by atomic mass is 32.1. The molecule has 0 spiro atoms. The Kier molecular flexibility index (Phi) is 5.57. The Morgan fingerprint density at radius 1 is 1.03 bits per heavy atom. The highest BCUT2D eigenvalue weighted by Gasteiger charge is 2.23. The van der Waals surface area contributed by atoms with E-state index in [4.69, 9.17) is 4.74 Å². The van der Waals surface area contributed by atoms with Crippen LogP contribution in [0.1, 0.15) is 33.0 Å². The van der Waals surface area contributed by atoms with E-state index in [0.29, 0.717) is 25.4 Å². The van der Waals surface area contributed by atoms with Gasteiger partial charge < -0.3 is 14.7 Å². The van der Waals surface area contributed by atoms with Gasteiger partial charge in [0.05, 0.1) is 6.54 Å². The molecule has 1 aliphatic rings. The van der Waals surface area contributed by atoms with Gasteiger partial charge >= 0.3 is 0 Å². The number of phenols is 1. The van der Waals surface area contributed by atoms with Gasteiger partial charge in [-0.25, -0.2) is 0 Å². The van der Waals surface area contributed by atoms with Gasteiger partial charge in [-0.05, 0) is 78.2 Å². The molecule has 1 N–H and O–H groups in total. The SMILES string of the molecule is Cc1cc(C)cc(OCc2nnc(N3CCc4ccc(O)cc4C3)n2Cc2cccs2)c1. The molecule has 4 aromatic rings. The van der Waals surface area contributed by atoms with Crippen molar-refractivity contribution in [2.75, 3.05) is 11.4 Å². The molecule has 0 fully saturated rings. The number of phenolic OH excluding ortho intramolecular Hbond substituents is 1. The molecule has 1 aliphatic heterocycles. The Morgan fingerprint density at radius 2 is 1.88 bits per heavy atom. The van der Waals surface area contributed by atoms with Crippen molar-refractivity contribution in [2.24, 2.45) is 0 Å². The zero-order valence-electron chi connectivity index (χ0n) is 18.3. The van der Waals surface area contributed by atoms with E-state index < -0.39 is 0 Å². The lowest BCUT2D eigenvalue weighted by Gasteiger charge is -2.30.